The third kappa shape index (κ3) is 9.44. The molecule has 6 aromatic heterocycles. The van der Waals surface area contributed by atoms with Gasteiger partial charge >= 0.3 is 18.5 Å². The van der Waals surface area contributed by atoms with E-state index < -0.39 is 34.2 Å². The molecule has 0 fully saturated rings. The molecule has 61 heavy (non-hydrogen) atoms. The Morgan fingerprint density at radius 2 is 0.820 bits per heavy atom. The lowest BCUT2D eigenvalue weighted by molar-refractivity contribution is -0.252. The van der Waals surface area contributed by atoms with Crippen LogP contribution in [0.5, 0.6) is 0 Å². The molecule has 18 heteroatoms. The Bertz CT molecular complexity index is 3030. The molecule has 0 aliphatic heterocycles. The zero-order valence-electron chi connectivity index (χ0n) is 30.5. The van der Waals surface area contributed by atoms with Gasteiger partial charge in [-0.25, -0.2) is 15.0 Å². The Kier molecular flexibility index (Phi) is 12.2. The van der Waals surface area contributed by atoms with Crippen molar-refractivity contribution in [2.24, 2.45) is 0 Å². The summed E-state index contributed by atoms with van der Waals surface area (Å²) in [5.74, 6) is -3.47. The first-order chi connectivity index (χ1) is 29.1. The second-order valence-electron chi connectivity index (χ2n) is 12.9. The van der Waals surface area contributed by atoms with E-state index in [1.807, 2.05) is 35.0 Å². The van der Waals surface area contributed by atoms with E-state index >= 15 is 0 Å². The fourth-order valence-corrected chi connectivity index (χ4v) is 11.5. The van der Waals surface area contributed by atoms with E-state index in [0.29, 0.717) is 32.2 Å². The second-order valence-corrected chi connectivity index (χ2v) is 18.9. The van der Waals surface area contributed by atoms with Crippen molar-refractivity contribution in [2.45, 2.75) is 24.4 Å². The minimum Gasteiger partial charge on any atom is -0.244 e. The lowest BCUT2D eigenvalue weighted by Crippen LogP contribution is -2.33. The predicted octanol–water partition coefficient (Wildman–Crippen LogP) is 17.0. The molecule has 0 N–H and O–H groups in total. The van der Waals surface area contributed by atoms with Crippen molar-refractivity contribution in [1.29, 1.82) is 0 Å². The number of thiazole rings is 3. The van der Waals surface area contributed by atoms with Gasteiger partial charge in [0.15, 0.2) is 5.92 Å². The molecule has 0 atom stereocenters. The fourth-order valence-electron chi connectivity index (χ4n) is 6.29. The van der Waals surface area contributed by atoms with Crippen molar-refractivity contribution >= 4 is 98.7 Å². The summed E-state index contributed by atoms with van der Waals surface area (Å²) in [6, 6.07) is 36.7. The molecule has 0 amide bonds. The van der Waals surface area contributed by atoms with E-state index in [0.717, 1.165) is 49.5 Å². The highest BCUT2D eigenvalue weighted by Crippen LogP contribution is 2.50. The highest BCUT2D eigenvalue weighted by molar-refractivity contribution is 7.19. The number of fused-ring (bicyclic) bond motifs is 3. The van der Waals surface area contributed by atoms with Gasteiger partial charge in [-0.2, -0.15) is 39.5 Å². The smallest absolute Gasteiger partial charge is 0.244 e. The number of halogens is 9. The first-order valence-electron chi connectivity index (χ1n) is 17.7. The van der Waals surface area contributed by atoms with Crippen LogP contribution in [-0.2, 0) is 6.18 Å². The number of benzene rings is 4. The minimum atomic E-state index is -5.38. The van der Waals surface area contributed by atoms with E-state index in [1.165, 1.54) is 60.4 Å². The number of alkyl halides is 9. The van der Waals surface area contributed by atoms with E-state index in [-0.39, 0.29) is 0 Å². The van der Waals surface area contributed by atoms with Crippen LogP contribution < -0.4 is 0 Å². The van der Waals surface area contributed by atoms with Crippen molar-refractivity contribution in [3.63, 3.8) is 0 Å². The number of thiophene rings is 3. The Morgan fingerprint density at radius 3 is 1.28 bits per heavy atom. The van der Waals surface area contributed by atoms with Crippen LogP contribution in [0.2, 0.25) is 0 Å². The molecule has 4 aromatic carbocycles. The largest absolute Gasteiger partial charge is 0.425 e. The van der Waals surface area contributed by atoms with Crippen LogP contribution in [0.15, 0.2) is 138 Å². The van der Waals surface area contributed by atoms with Gasteiger partial charge in [-0.1, -0.05) is 66.7 Å². The van der Waals surface area contributed by atoms with Crippen LogP contribution in [-0.4, -0.2) is 27.3 Å². The molecule has 0 saturated heterocycles. The van der Waals surface area contributed by atoms with Crippen molar-refractivity contribution < 1.29 is 39.5 Å². The molecule has 0 aliphatic carbocycles. The van der Waals surface area contributed by atoms with Crippen LogP contribution in [0.25, 0.3) is 72.4 Å². The summed E-state index contributed by atoms with van der Waals surface area (Å²) in [4.78, 5) is 15.0. The fraction of sp³-hybridized carbons (Fsp3) is 0.0930. The SMILES string of the molecule is FC(F)(F)C(c1ccc(-c2cccc3scnc23)s1)C(F)(F)F.FC(F)(F)c1ccc(-c2cccc3scnc23)s1.c1ccc(-c2ccc(-c3cccc4scnc34)s2)cc1. The zero-order chi connectivity index (χ0) is 42.9. The van der Waals surface area contributed by atoms with Crippen molar-refractivity contribution in [2.75, 3.05) is 0 Å². The molecule has 0 unspecified atom stereocenters. The maximum atomic E-state index is 12.8. The molecule has 310 valence electrons. The van der Waals surface area contributed by atoms with Gasteiger partial charge in [0.1, 0.15) is 4.88 Å². The van der Waals surface area contributed by atoms with Crippen LogP contribution in [0.4, 0.5) is 39.5 Å². The summed E-state index contributed by atoms with van der Waals surface area (Å²) < 4.78 is 118. The van der Waals surface area contributed by atoms with Crippen LogP contribution in [0, 0.1) is 0 Å². The lowest BCUT2D eigenvalue weighted by atomic mass is 10.1. The first-order valence-corrected chi connectivity index (χ1v) is 22.8. The summed E-state index contributed by atoms with van der Waals surface area (Å²) in [7, 11) is 0. The Morgan fingerprint density at radius 1 is 0.393 bits per heavy atom. The molecule has 6 heterocycles. The van der Waals surface area contributed by atoms with Gasteiger partial charge in [0.05, 0.1) is 47.2 Å². The summed E-state index contributed by atoms with van der Waals surface area (Å²) >= 11 is 7.59. The molecule has 3 nitrogen and oxygen atoms in total. The molecule has 0 spiro atoms. The first kappa shape index (κ1) is 42.7. The molecule has 0 saturated carbocycles. The maximum Gasteiger partial charge on any atom is 0.425 e. The van der Waals surface area contributed by atoms with E-state index in [2.05, 4.69) is 69.5 Å². The predicted molar refractivity (Wildman–Crippen MR) is 234 cm³/mol. The minimum absolute atomic E-state index is 0.329. The monoisotopic (exact) mass is 945 g/mol. The molecule has 0 aliphatic rings. The normalized spacial score (nSPS) is 12.2. The van der Waals surface area contributed by atoms with Crippen LogP contribution in [0.1, 0.15) is 15.7 Å². The van der Waals surface area contributed by atoms with Crippen molar-refractivity contribution in [1.82, 2.24) is 15.0 Å². The number of hydrogen-bond acceptors (Lipinski definition) is 9. The Balaban J connectivity index is 0.000000127. The lowest BCUT2D eigenvalue weighted by Gasteiger charge is -2.21. The number of aromatic nitrogens is 3. The van der Waals surface area contributed by atoms with Crippen molar-refractivity contribution in [3.05, 3.63) is 148 Å². The topological polar surface area (TPSA) is 38.7 Å². The third-order valence-electron chi connectivity index (χ3n) is 8.99. The average Bonchev–Trinajstić information content (AvgIpc) is 4.08. The summed E-state index contributed by atoms with van der Waals surface area (Å²) in [6.45, 7) is 0. The molecule has 10 rings (SSSR count). The third-order valence-corrected chi connectivity index (χ3v) is 14.9. The van der Waals surface area contributed by atoms with Gasteiger partial charge in [-0.15, -0.1) is 68.0 Å². The molecule has 0 bridgehead atoms. The van der Waals surface area contributed by atoms with Gasteiger partial charge in [-0.05, 0) is 60.2 Å². The zero-order valence-corrected chi connectivity index (χ0v) is 35.4. The van der Waals surface area contributed by atoms with Crippen LogP contribution in [0.3, 0.4) is 0 Å². The molecule has 10 aromatic rings. The highest BCUT2D eigenvalue weighted by atomic mass is 32.1. The molecular formula is C43H24F9N3S6. The highest BCUT2D eigenvalue weighted by Gasteiger charge is 2.58. The number of rotatable bonds is 5. The quantitative estimate of drug-likeness (QED) is 0.161. The summed E-state index contributed by atoms with van der Waals surface area (Å²) in [5, 5.41) is 0. The van der Waals surface area contributed by atoms with Gasteiger partial charge in [0.25, 0.3) is 0 Å². The Hall–Kier alpha value is -4.98. The van der Waals surface area contributed by atoms with Crippen molar-refractivity contribution in [3.8, 4) is 41.8 Å². The second kappa shape index (κ2) is 17.4. The molecule has 0 radical (unpaired) electrons. The van der Waals surface area contributed by atoms with Gasteiger partial charge < -0.3 is 0 Å². The Labute approximate surface area is 364 Å². The number of hydrogen-bond donors (Lipinski definition) is 0. The number of para-hydroxylation sites is 3. The molecular weight excluding hydrogens is 922 g/mol. The number of nitrogens with zero attached hydrogens (tertiary/aromatic N) is 3. The standard InChI is InChI=1S/C17H11NS2.C14H7F6NS2.C12H6F3NS2/c1-2-5-12(6-3-1)14-9-10-15(20-14)13-7-4-8-16-17(13)18-11-19-16;15-13(16,17)12(14(18,19)20)10-5-4-8(23-10)7-2-1-3-9-11(7)21-6-22-9;13-12(14,15)10-5-4-8(18-10)7-2-1-3-9-11(7)16-6-17-9/h1-11H;1-6,12H;1-6H. The van der Waals surface area contributed by atoms with Gasteiger partial charge in [0, 0.05) is 41.1 Å². The van der Waals surface area contributed by atoms with Gasteiger partial charge in [-0.3, -0.25) is 0 Å². The van der Waals surface area contributed by atoms with Gasteiger partial charge in [0.2, 0.25) is 0 Å². The maximum absolute atomic E-state index is 12.8. The summed E-state index contributed by atoms with van der Waals surface area (Å²) in [6.07, 6.45) is -15.0. The average molecular weight is 946 g/mol. The van der Waals surface area contributed by atoms with E-state index in [4.69, 9.17) is 0 Å². The van der Waals surface area contributed by atoms with Crippen LogP contribution >= 0.6 is 68.0 Å². The summed E-state index contributed by atoms with van der Waals surface area (Å²) in [5.41, 5.74) is 11.4. The van der Waals surface area contributed by atoms with E-state index in [1.54, 1.807) is 46.6 Å². The van der Waals surface area contributed by atoms with E-state index in [9.17, 15) is 39.5 Å².